The molecule has 2 saturated carbocycles. The summed E-state index contributed by atoms with van der Waals surface area (Å²) >= 11 is 0. The van der Waals surface area contributed by atoms with Crippen LogP contribution < -0.4 is 0 Å². The van der Waals surface area contributed by atoms with Gasteiger partial charge in [0.25, 0.3) is 0 Å². The van der Waals surface area contributed by atoms with Crippen LogP contribution in [0.1, 0.15) is 46.0 Å². The molecule has 3 atom stereocenters. The minimum absolute atomic E-state index is 0.720. The van der Waals surface area contributed by atoms with Gasteiger partial charge in [0.15, 0.2) is 0 Å². The number of fused-ring (bicyclic) bond motifs is 2. The van der Waals surface area contributed by atoms with Crippen LogP contribution in [0.25, 0.3) is 0 Å². The standard InChI is InChI=1S/C21H39N3/c1-17(2)12-21(6-7-21)16-24-13-18-4-5-19(14-24)20(18)15-23-10-8-22(3)9-11-23/h17-20H,4-16H2,1-3H3/t18-,19+,20?. The molecule has 2 aliphatic carbocycles. The molecule has 4 rings (SSSR count). The molecule has 0 aromatic rings. The quantitative estimate of drug-likeness (QED) is 0.740. The molecular weight excluding hydrogens is 294 g/mol. The predicted molar refractivity (Wildman–Crippen MR) is 101 cm³/mol. The topological polar surface area (TPSA) is 9.72 Å². The number of hydrogen-bond donors (Lipinski definition) is 0. The highest BCUT2D eigenvalue weighted by Gasteiger charge is 2.48. The normalized spacial score (nSPS) is 37.2. The Morgan fingerprint density at radius 3 is 2.08 bits per heavy atom. The number of hydrogen-bond acceptors (Lipinski definition) is 3. The zero-order valence-electron chi connectivity index (χ0n) is 16.3. The molecule has 2 heterocycles. The van der Waals surface area contributed by atoms with Crippen LogP contribution in [-0.2, 0) is 0 Å². The van der Waals surface area contributed by atoms with E-state index in [4.69, 9.17) is 0 Å². The molecule has 2 aliphatic heterocycles. The van der Waals surface area contributed by atoms with Crippen LogP contribution in [0.5, 0.6) is 0 Å². The van der Waals surface area contributed by atoms with Crippen molar-refractivity contribution < 1.29 is 0 Å². The Bertz CT molecular complexity index is 409. The number of rotatable bonds is 6. The van der Waals surface area contributed by atoms with Gasteiger partial charge in [-0.1, -0.05) is 13.8 Å². The van der Waals surface area contributed by atoms with E-state index in [1.807, 2.05) is 0 Å². The van der Waals surface area contributed by atoms with Crippen molar-refractivity contribution in [1.82, 2.24) is 14.7 Å². The number of nitrogens with zero attached hydrogens (tertiary/aromatic N) is 3. The summed E-state index contributed by atoms with van der Waals surface area (Å²) in [7, 11) is 2.27. The van der Waals surface area contributed by atoms with E-state index in [0.29, 0.717) is 0 Å². The van der Waals surface area contributed by atoms with Gasteiger partial charge in [-0.15, -0.1) is 0 Å². The van der Waals surface area contributed by atoms with E-state index in [9.17, 15) is 0 Å². The van der Waals surface area contributed by atoms with Gasteiger partial charge in [-0.2, -0.15) is 0 Å². The average Bonchev–Trinajstić information content (AvgIpc) is 3.22. The molecule has 0 spiro atoms. The van der Waals surface area contributed by atoms with Crippen LogP contribution in [0.15, 0.2) is 0 Å². The minimum atomic E-state index is 0.720. The summed E-state index contributed by atoms with van der Waals surface area (Å²) in [6.45, 7) is 15.6. The van der Waals surface area contributed by atoms with E-state index in [-0.39, 0.29) is 0 Å². The average molecular weight is 334 g/mol. The van der Waals surface area contributed by atoms with Crippen LogP contribution in [0.3, 0.4) is 0 Å². The molecule has 4 aliphatic rings. The van der Waals surface area contributed by atoms with Crippen LogP contribution in [0.2, 0.25) is 0 Å². The molecule has 4 fully saturated rings. The first-order valence-corrected chi connectivity index (χ1v) is 10.7. The summed E-state index contributed by atoms with van der Waals surface area (Å²) in [5.74, 6) is 3.88. The Kier molecular flexibility index (Phi) is 4.96. The number of likely N-dealkylation sites (N-methyl/N-ethyl adjacent to an activating group) is 1. The van der Waals surface area contributed by atoms with Gasteiger partial charge in [-0.05, 0) is 68.2 Å². The van der Waals surface area contributed by atoms with Gasteiger partial charge in [-0.25, -0.2) is 0 Å². The van der Waals surface area contributed by atoms with Crippen LogP contribution in [-0.4, -0.2) is 74.1 Å². The van der Waals surface area contributed by atoms with Crippen LogP contribution in [0.4, 0.5) is 0 Å². The number of piperidine rings is 1. The number of likely N-dealkylation sites (tertiary alicyclic amines) is 1. The molecule has 0 aromatic heterocycles. The lowest BCUT2D eigenvalue weighted by molar-refractivity contribution is 0.0502. The highest BCUT2D eigenvalue weighted by molar-refractivity contribution is 5.00. The zero-order chi connectivity index (χ0) is 16.7. The molecule has 0 amide bonds. The molecule has 3 nitrogen and oxygen atoms in total. The molecule has 0 radical (unpaired) electrons. The second-order valence-corrected chi connectivity index (χ2v) is 10.2. The molecule has 24 heavy (non-hydrogen) atoms. The van der Waals surface area contributed by atoms with Crippen molar-refractivity contribution in [3.8, 4) is 0 Å². The highest BCUT2D eigenvalue weighted by Crippen LogP contribution is 2.52. The molecule has 3 heteroatoms. The molecular formula is C21H39N3. The second kappa shape index (κ2) is 6.89. The lowest BCUT2D eigenvalue weighted by atomic mass is 9.83. The zero-order valence-corrected chi connectivity index (χ0v) is 16.3. The Morgan fingerprint density at radius 2 is 1.54 bits per heavy atom. The minimum Gasteiger partial charge on any atom is -0.304 e. The van der Waals surface area contributed by atoms with Crippen molar-refractivity contribution >= 4 is 0 Å². The van der Waals surface area contributed by atoms with Gasteiger partial charge in [0.1, 0.15) is 0 Å². The molecule has 138 valence electrons. The fourth-order valence-corrected chi connectivity index (χ4v) is 6.13. The van der Waals surface area contributed by atoms with Crippen molar-refractivity contribution in [2.45, 2.75) is 46.0 Å². The van der Waals surface area contributed by atoms with Crippen LogP contribution in [0, 0.1) is 29.1 Å². The Labute approximate surface area is 149 Å². The van der Waals surface area contributed by atoms with Gasteiger partial charge in [-0.3, -0.25) is 0 Å². The van der Waals surface area contributed by atoms with E-state index in [0.717, 1.165) is 29.1 Å². The van der Waals surface area contributed by atoms with Crippen molar-refractivity contribution in [1.29, 1.82) is 0 Å². The smallest absolute Gasteiger partial charge is 0.0110 e. The van der Waals surface area contributed by atoms with Gasteiger partial charge in [0.05, 0.1) is 0 Å². The third kappa shape index (κ3) is 3.83. The maximum Gasteiger partial charge on any atom is 0.0110 e. The first-order chi connectivity index (χ1) is 11.5. The third-order valence-corrected chi connectivity index (χ3v) is 7.53. The van der Waals surface area contributed by atoms with E-state index in [2.05, 4.69) is 35.6 Å². The van der Waals surface area contributed by atoms with E-state index >= 15 is 0 Å². The monoisotopic (exact) mass is 333 g/mol. The SMILES string of the molecule is CC(C)CC1(CN2C[C@H]3CC[C@@H](C2)C3CN2CCN(C)CC2)CC1. The summed E-state index contributed by atoms with van der Waals surface area (Å²) in [6.07, 6.45) is 7.49. The molecule has 2 saturated heterocycles. The summed E-state index contributed by atoms with van der Waals surface area (Å²) in [4.78, 5) is 8.14. The predicted octanol–water partition coefficient (Wildman–Crippen LogP) is 3.02. The Balaban J connectivity index is 1.29. The summed E-state index contributed by atoms with van der Waals surface area (Å²) in [5, 5.41) is 0. The van der Waals surface area contributed by atoms with Crippen molar-refractivity contribution in [3.63, 3.8) is 0 Å². The van der Waals surface area contributed by atoms with Gasteiger partial charge in [0.2, 0.25) is 0 Å². The highest BCUT2D eigenvalue weighted by atomic mass is 15.2. The fourth-order valence-electron chi connectivity index (χ4n) is 6.13. The van der Waals surface area contributed by atoms with E-state index < -0.39 is 0 Å². The van der Waals surface area contributed by atoms with Crippen molar-refractivity contribution in [3.05, 3.63) is 0 Å². The lowest BCUT2D eigenvalue weighted by Crippen LogP contribution is -2.51. The molecule has 0 aromatic carbocycles. The number of piperazine rings is 1. The first kappa shape index (κ1) is 17.3. The molecule has 1 unspecified atom stereocenters. The Hall–Kier alpha value is -0.120. The lowest BCUT2D eigenvalue weighted by Gasteiger charge is -2.43. The van der Waals surface area contributed by atoms with Crippen molar-refractivity contribution in [2.24, 2.45) is 29.1 Å². The molecule has 0 N–H and O–H groups in total. The maximum absolute atomic E-state index is 2.89. The Morgan fingerprint density at radius 1 is 0.917 bits per heavy atom. The van der Waals surface area contributed by atoms with E-state index in [1.54, 1.807) is 0 Å². The molecule has 2 bridgehead atoms. The summed E-state index contributed by atoms with van der Waals surface area (Å²) < 4.78 is 0. The van der Waals surface area contributed by atoms with E-state index in [1.165, 1.54) is 84.5 Å². The van der Waals surface area contributed by atoms with Gasteiger partial charge >= 0.3 is 0 Å². The van der Waals surface area contributed by atoms with Crippen LogP contribution >= 0.6 is 0 Å². The third-order valence-electron chi connectivity index (χ3n) is 7.53. The van der Waals surface area contributed by atoms with Crippen molar-refractivity contribution in [2.75, 3.05) is 59.4 Å². The summed E-state index contributed by atoms with van der Waals surface area (Å²) in [6, 6.07) is 0. The first-order valence-electron chi connectivity index (χ1n) is 10.7. The van der Waals surface area contributed by atoms with Gasteiger partial charge < -0.3 is 14.7 Å². The second-order valence-electron chi connectivity index (χ2n) is 10.2. The van der Waals surface area contributed by atoms with Gasteiger partial charge in [0, 0.05) is 52.4 Å². The maximum atomic E-state index is 2.89. The summed E-state index contributed by atoms with van der Waals surface area (Å²) in [5.41, 5.74) is 0.720. The largest absolute Gasteiger partial charge is 0.304 e. The fraction of sp³-hybridized carbons (Fsp3) is 1.00.